The van der Waals surface area contributed by atoms with Gasteiger partial charge in [-0.15, -0.1) is 0 Å². The zero-order chi connectivity index (χ0) is 55.4. The summed E-state index contributed by atoms with van der Waals surface area (Å²) in [5.41, 5.74) is 6.90. The number of carbonyl (C=O) groups is 2. The third-order valence-electron chi connectivity index (χ3n) is 15.6. The van der Waals surface area contributed by atoms with Crippen molar-refractivity contribution in [3.05, 3.63) is 191 Å². The smallest absolute Gasteiger partial charge is 0.417 e. The van der Waals surface area contributed by atoms with Crippen LogP contribution in [0.15, 0.2) is 169 Å². The minimum absolute atomic E-state index is 0.110. The van der Waals surface area contributed by atoms with Gasteiger partial charge in [0.15, 0.2) is 11.8 Å². The molecule has 4 aromatic rings. The fraction of sp³-hybridized carbons (Fsp3) is 0.469. The van der Waals surface area contributed by atoms with E-state index in [2.05, 4.69) is 196 Å². The summed E-state index contributed by atoms with van der Waals surface area (Å²) in [7, 11) is -6.30. The maximum Gasteiger partial charge on any atom is 0.417 e. The summed E-state index contributed by atoms with van der Waals surface area (Å²) >= 11 is 0. The highest BCUT2D eigenvalue weighted by Gasteiger charge is 2.64. The van der Waals surface area contributed by atoms with Crippen LogP contribution in [0.2, 0.25) is 20.2 Å². The average molecular weight is 1070 g/mol. The molecule has 0 unspecified atom stereocenters. The van der Waals surface area contributed by atoms with Crippen LogP contribution in [-0.4, -0.2) is 64.4 Å². The summed E-state index contributed by atoms with van der Waals surface area (Å²) in [6.45, 7) is 35.8. The van der Waals surface area contributed by atoms with Gasteiger partial charge in [0, 0.05) is 32.0 Å². The molecule has 12 heteroatoms. The highest BCUT2D eigenvalue weighted by molar-refractivity contribution is 6.74. The van der Waals surface area contributed by atoms with E-state index in [0.29, 0.717) is 37.8 Å². The SMILES string of the molecule is C/C1=C\C=C(\N2C(=O)OC[C@@H]2Cc2ccccc2)O[Si](C(C)(C)C)(C(C)(C)C)O[C@H](c2ccccc2)[C@H]1C.C/C1=C\C=C(\N2C(=O)OC[C@@H]2Cc2ccccc2)O[Si](C(C)(C)C)(C(C)(C)C)O[C@H](c2ccccc2)[C@H]1C. The van der Waals surface area contributed by atoms with Gasteiger partial charge in [0.1, 0.15) is 13.2 Å². The Morgan fingerprint density at radius 3 is 1.03 bits per heavy atom. The maximum absolute atomic E-state index is 13.2. The van der Waals surface area contributed by atoms with Crippen molar-refractivity contribution < 1.29 is 36.8 Å². The molecule has 2 fully saturated rings. The Hall–Kier alpha value is -5.67. The Labute approximate surface area is 457 Å². The minimum atomic E-state index is -3.15. The molecule has 6 atom stereocenters. The summed E-state index contributed by atoms with van der Waals surface area (Å²) in [6.07, 6.45) is 8.34. The first-order chi connectivity index (χ1) is 35.7. The number of amides is 2. The van der Waals surface area contributed by atoms with Crippen molar-refractivity contribution in [2.24, 2.45) is 11.8 Å². The van der Waals surface area contributed by atoms with Gasteiger partial charge in [-0.25, -0.2) is 19.4 Å². The summed E-state index contributed by atoms with van der Waals surface area (Å²) < 4.78 is 40.4. The first-order valence-corrected chi connectivity index (χ1v) is 30.9. The predicted octanol–water partition coefficient (Wildman–Crippen LogP) is 16.6. The zero-order valence-electron chi connectivity index (χ0n) is 48.3. The standard InChI is InChI=1S/2C32H43NO4Si/c2*1-23-19-20-28(33-27(22-35-30(33)34)21-25-15-11-9-12-16-25)36-38(31(3,4)5,32(6,7)8)37-29(24(23)2)26-17-13-10-14-18-26/h2*9-20,24,27,29H,21-22H2,1-8H3/b2*23-19+,28-20-/t2*24-,27-,29-/m00/s1. The number of nitrogens with zero attached hydrogens (tertiary/aromatic N) is 2. The Bertz CT molecular complexity index is 2520. The maximum atomic E-state index is 13.2. The third-order valence-corrected chi connectivity index (χ3v) is 25.7. The lowest BCUT2D eigenvalue weighted by molar-refractivity contribution is 0.0592. The van der Waals surface area contributed by atoms with E-state index in [4.69, 9.17) is 27.2 Å². The molecule has 0 radical (unpaired) electrons. The number of carbonyl (C=O) groups excluding carboxylic acids is 2. The largest absolute Gasteiger partial charge is 0.506 e. The van der Waals surface area contributed by atoms with Crippen molar-refractivity contribution in [3.8, 4) is 0 Å². The van der Waals surface area contributed by atoms with E-state index in [1.54, 1.807) is 9.80 Å². The molecule has 0 bridgehead atoms. The van der Waals surface area contributed by atoms with Crippen LogP contribution in [0.4, 0.5) is 9.59 Å². The molecule has 2 amide bonds. The number of cyclic esters (lactones) is 2. The first kappa shape index (κ1) is 58.0. The van der Waals surface area contributed by atoms with Gasteiger partial charge in [-0.1, -0.05) is 242 Å². The lowest BCUT2D eigenvalue weighted by Gasteiger charge is -2.51. The normalized spacial score (nSPS) is 27.1. The summed E-state index contributed by atoms with van der Waals surface area (Å²) in [5, 5.41) is -1.25. The van der Waals surface area contributed by atoms with Gasteiger partial charge in [-0.2, -0.15) is 0 Å². The van der Waals surface area contributed by atoms with Crippen LogP contribution in [0.25, 0.3) is 0 Å². The first-order valence-electron chi connectivity index (χ1n) is 27.3. The van der Waals surface area contributed by atoms with E-state index in [0.717, 1.165) is 22.3 Å². The van der Waals surface area contributed by atoms with Crippen LogP contribution in [-0.2, 0) is 40.0 Å². The van der Waals surface area contributed by atoms with Gasteiger partial charge in [0.05, 0.1) is 24.3 Å². The van der Waals surface area contributed by atoms with Gasteiger partial charge in [-0.3, -0.25) is 0 Å². The van der Waals surface area contributed by atoms with E-state index in [9.17, 15) is 9.59 Å². The monoisotopic (exact) mass is 1070 g/mol. The van der Waals surface area contributed by atoms with Crippen molar-refractivity contribution >= 4 is 29.3 Å². The fourth-order valence-electron chi connectivity index (χ4n) is 11.5. The van der Waals surface area contributed by atoms with Gasteiger partial charge >= 0.3 is 29.3 Å². The zero-order valence-corrected chi connectivity index (χ0v) is 50.3. The van der Waals surface area contributed by atoms with Gasteiger partial charge in [-0.05, 0) is 61.1 Å². The number of hydrogen-bond acceptors (Lipinski definition) is 8. The molecule has 0 saturated carbocycles. The molecular formula is C64H86N2O8Si2. The van der Waals surface area contributed by atoms with Gasteiger partial charge in [0.25, 0.3) is 0 Å². The van der Waals surface area contributed by atoms with Crippen LogP contribution in [0.5, 0.6) is 0 Å². The van der Waals surface area contributed by atoms with E-state index < -0.39 is 17.1 Å². The van der Waals surface area contributed by atoms with Gasteiger partial charge in [0.2, 0.25) is 0 Å². The second-order valence-corrected chi connectivity index (χ2v) is 34.7. The summed E-state index contributed by atoms with van der Waals surface area (Å²) in [4.78, 5) is 29.9. The van der Waals surface area contributed by atoms with E-state index in [1.165, 1.54) is 11.1 Å². The van der Waals surface area contributed by atoms with Crippen LogP contribution in [0, 0.1) is 11.8 Å². The molecule has 0 spiro atoms. The van der Waals surface area contributed by atoms with E-state index in [-0.39, 0.29) is 68.5 Å². The van der Waals surface area contributed by atoms with Crippen LogP contribution in [0.3, 0.4) is 0 Å². The molecule has 4 heterocycles. The molecule has 10 nitrogen and oxygen atoms in total. The lowest BCUT2D eigenvalue weighted by Crippen LogP contribution is -2.59. The lowest BCUT2D eigenvalue weighted by atomic mass is 9.91. The average Bonchev–Trinajstić information content (AvgIpc) is 3.95. The number of hydrogen-bond donors (Lipinski definition) is 0. The molecule has 8 rings (SSSR count). The molecule has 0 aliphatic carbocycles. The number of allylic oxidation sites excluding steroid dienone is 4. The Balaban J connectivity index is 0.000000221. The molecule has 0 N–H and O–H groups in total. The number of rotatable bonds is 8. The fourth-order valence-corrected chi connectivity index (χ4v) is 21.1. The second kappa shape index (κ2) is 23.1. The minimum Gasteiger partial charge on any atom is -0.506 e. The van der Waals surface area contributed by atoms with Crippen LogP contribution < -0.4 is 0 Å². The van der Waals surface area contributed by atoms with Crippen molar-refractivity contribution in [1.29, 1.82) is 0 Å². The summed E-state index contributed by atoms with van der Waals surface area (Å²) in [6, 6.07) is 41.0. The molecule has 4 aliphatic heterocycles. The Morgan fingerprint density at radius 2 is 0.737 bits per heavy atom. The van der Waals surface area contributed by atoms with E-state index in [1.807, 2.05) is 60.7 Å². The van der Waals surface area contributed by atoms with Gasteiger partial charge < -0.3 is 27.2 Å². The Morgan fingerprint density at radius 1 is 0.447 bits per heavy atom. The quantitative estimate of drug-likeness (QED) is 0.161. The van der Waals surface area contributed by atoms with Crippen LogP contribution >= 0.6 is 0 Å². The molecule has 4 aliphatic rings. The summed E-state index contributed by atoms with van der Waals surface area (Å²) in [5.74, 6) is 1.26. The second-order valence-electron chi connectivity index (χ2n) is 25.3. The number of ether oxygens (including phenoxy) is 2. The highest BCUT2D eigenvalue weighted by Crippen LogP contribution is 2.58. The predicted molar refractivity (Wildman–Crippen MR) is 309 cm³/mol. The van der Waals surface area contributed by atoms with Crippen molar-refractivity contribution in [3.63, 3.8) is 0 Å². The van der Waals surface area contributed by atoms with Crippen molar-refractivity contribution in [1.82, 2.24) is 9.80 Å². The molecule has 4 aromatic carbocycles. The van der Waals surface area contributed by atoms with Crippen LogP contribution in [0.1, 0.15) is 145 Å². The topological polar surface area (TPSA) is 96.0 Å². The molecule has 76 heavy (non-hydrogen) atoms. The Kier molecular flexibility index (Phi) is 17.7. The molecule has 2 saturated heterocycles. The molecular weight excluding hydrogens is 981 g/mol. The van der Waals surface area contributed by atoms with Crippen molar-refractivity contribution in [2.45, 2.75) is 168 Å². The third kappa shape index (κ3) is 12.4. The molecule has 0 aromatic heterocycles. The van der Waals surface area contributed by atoms with E-state index >= 15 is 0 Å². The number of benzene rings is 4. The molecule has 408 valence electrons. The van der Waals surface area contributed by atoms with Crippen molar-refractivity contribution in [2.75, 3.05) is 13.2 Å². The highest BCUT2D eigenvalue weighted by atomic mass is 28.4.